The van der Waals surface area contributed by atoms with Crippen LogP contribution in [0.5, 0.6) is 0 Å². The fraction of sp³-hybridized carbons (Fsp3) is 1.00. The second-order valence-corrected chi connectivity index (χ2v) is 3.44. The van der Waals surface area contributed by atoms with Gasteiger partial charge < -0.3 is 10.0 Å². The molecule has 12 heavy (non-hydrogen) atoms. The summed E-state index contributed by atoms with van der Waals surface area (Å²) in [5.74, 6) is 0.422. The van der Waals surface area contributed by atoms with E-state index in [2.05, 4.69) is 32.6 Å². The maximum absolute atomic E-state index is 9.71. The van der Waals surface area contributed by atoms with E-state index in [1.54, 1.807) is 0 Å². The molecule has 0 spiro atoms. The molecule has 0 heterocycles. The van der Waals surface area contributed by atoms with Gasteiger partial charge in [-0.15, -0.1) is 0 Å². The van der Waals surface area contributed by atoms with Gasteiger partial charge >= 0.3 is 0 Å². The molecule has 0 aromatic carbocycles. The summed E-state index contributed by atoms with van der Waals surface area (Å²) >= 11 is 0. The second-order valence-electron chi connectivity index (χ2n) is 3.44. The first-order valence-electron chi connectivity index (χ1n) is 5.06. The van der Waals surface area contributed by atoms with E-state index in [4.69, 9.17) is 0 Å². The van der Waals surface area contributed by atoms with Crippen LogP contribution in [-0.4, -0.2) is 35.7 Å². The van der Waals surface area contributed by atoms with Gasteiger partial charge in [0.05, 0.1) is 6.10 Å². The number of aliphatic hydroxyl groups is 1. The van der Waals surface area contributed by atoms with Crippen molar-refractivity contribution in [1.82, 2.24) is 4.90 Å². The fourth-order valence-corrected chi connectivity index (χ4v) is 1.20. The van der Waals surface area contributed by atoms with Crippen LogP contribution in [0, 0.1) is 5.92 Å². The van der Waals surface area contributed by atoms with Crippen LogP contribution in [0.1, 0.15) is 34.1 Å². The Morgan fingerprint density at radius 1 is 1.17 bits per heavy atom. The van der Waals surface area contributed by atoms with E-state index in [1.807, 2.05) is 0 Å². The molecule has 0 aliphatic carbocycles. The van der Waals surface area contributed by atoms with E-state index < -0.39 is 0 Å². The molecule has 1 N–H and O–H groups in total. The molecule has 0 saturated carbocycles. The average Bonchev–Trinajstić information content (AvgIpc) is 2.12. The van der Waals surface area contributed by atoms with Gasteiger partial charge in [0.2, 0.25) is 0 Å². The molecule has 0 aromatic rings. The summed E-state index contributed by atoms with van der Waals surface area (Å²) < 4.78 is 0. The molecule has 0 rings (SSSR count). The van der Waals surface area contributed by atoms with Gasteiger partial charge in [-0.05, 0) is 19.0 Å². The minimum absolute atomic E-state index is 0.158. The van der Waals surface area contributed by atoms with E-state index in [0.29, 0.717) is 5.92 Å². The SMILES string of the molecule is CCC(C)C(O)CN(CC)CC. The predicted molar refractivity (Wildman–Crippen MR) is 53.2 cm³/mol. The number of likely N-dealkylation sites (N-methyl/N-ethyl adjacent to an activating group) is 1. The molecule has 0 aliphatic heterocycles. The molecule has 0 aliphatic rings. The first kappa shape index (κ1) is 11.9. The molecule has 0 radical (unpaired) electrons. The molecular formula is C10H23NO. The predicted octanol–water partition coefficient (Wildman–Crippen LogP) is 1.74. The first-order chi connectivity index (χ1) is 5.65. The molecule has 0 amide bonds. The van der Waals surface area contributed by atoms with E-state index in [9.17, 15) is 5.11 Å². The molecule has 0 aromatic heterocycles. The van der Waals surface area contributed by atoms with Gasteiger partial charge in [0.15, 0.2) is 0 Å². The highest BCUT2D eigenvalue weighted by atomic mass is 16.3. The molecular weight excluding hydrogens is 150 g/mol. The van der Waals surface area contributed by atoms with Gasteiger partial charge in [-0.2, -0.15) is 0 Å². The van der Waals surface area contributed by atoms with Crippen LogP contribution in [-0.2, 0) is 0 Å². The van der Waals surface area contributed by atoms with Crippen molar-refractivity contribution >= 4 is 0 Å². The van der Waals surface area contributed by atoms with Crippen molar-refractivity contribution in [3.63, 3.8) is 0 Å². The van der Waals surface area contributed by atoms with Gasteiger partial charge in [-0.25, -0.2) is 0 Å². The van der Waals surface area contributed by atoms with Crippen molar-refractivity contribution in [3.05, 3.63) is 0 Å². The molecule has 2 nitrogen and oxygen atoms in total. The highest BCUT2D eigenvalue weighted by molar-refractivity contribution is 4.67. The van der Waals surface area contributed by atoms with Gasteiger partial charge in [-0.1, -0.05) is 34.1 Å². The Morgan fingerprint density at radius 3 is 2.00 bits per heavy atom. The van der Waals surface area contributed by atoms with Crippen LogP contribution < -0.4 is 0 Å². The molecule has 0 bridgehead atoms. The third kappa shape index (κ3) is 4.07. The zero-order valence-electron chi connectivity index (χ0n) is 8.88. The molecule has 74 valence electrons. The monoisotopic (exact) mass is 173 g/mol. The molecule has 2 heteroatoms. The summed E-state index contributed by atoms with van der Waals surface area (Å²) in [4.78, 5) is 2.26. The van der Waals surface area contributed by atoms with Crippen LogP contribution in [0.3, 0.4) is 0 Å². The van der Waals surface area contributed by atoms with E-state index >= 15 is 0 Å². The summed E-state index contributed by atoms with van der Waals surface area (Å²) in [6.07, 6.45) is 0.900. The average molecular weight is 173 g/mol. The maximum atomic E-state index is 9.71. The Balaban J connectivity index is 3.72. The summed E-state index contributed by atoms with van der Waals surface area (Å²) in [5.41, 5.74) is 0. The fourth-order valence-electron chi connectivity index (χ4n) is 1.20. The van der Waals surface area contributed by atoms with Gasteiger partial charge in [-0.3, -0.25) is 0 Å². The lowest BCUT2D eigenvalue weighted by molar-refractivity contribution is 0.0723. The van der Waals surface area contributed by atoms with Crippen molar-refractivity contribution in [2.75, 3.05) is 19.6 Å². The third-order valence-corrected chi connectivity index (χ3v) is 2.64. The molecule has 2 atom stereocenters. The van der Waals surface area contributed by atoms with E-state index in [0.717, 1.165) is 26.1 Å². The van der Waals surface area contributed by atoms with Gasteiger partial charge in [0.1, 0.15) is 0 Å². The number of hydrogen-bond donors (Lipinski definition) is 1. The summed E-state index contributed by atoms with van der Waals surface area (Å²) in [5, 5.41) is 9.71. The standard InChI is InChI=1S/C10H23NO/c1-5-9(4)10(12)8-11(6-2)7-3/h9-10,12H,5-8H2,1-4H3. The summed E-state index contributed by atoms with van der Waals surface area (Å²) in [6.45, 7) is 11.4. The van der Waals surface area contributed by atoms with Crippen molar-refractivity contribution < 1.29 is 5.11 Å². The van der Waals surface area contributed by atoms with Crippen LogP contribution in [0.2, 0.25) is 0 Å². The Morgan fingerprint density at radius 2 is 1.67 bits per heavy atom. The van der Waals surface area contributed by atoms with E-state index in [-0.39, 0.29) is 6.10 Å². The zero-order valence-corrected chi connectivity index (χ0v) is 8.88. The second kappa shape index (κ2) is 6.44. The van der Waals surface area contributed by atoms with Gasteiger partial charge in [0, 0.05) is 6.54 Å². The number of rotatable bonds is 6. The Hall–Kier alpha value is -0.0800. The topological polar surface area (TPSA) is 23.5 Å². The number of aliphatic hydroxyl groups excluding tert-OH is 1. The van der Waals surface area contributed by atoms with Crippen molar-refractivity contribution in [1.29, 1.82) is 0 Å². The smallest absolute Gasteiger partial charge is 0.0692 e. The Kier molecular flexibility index (Phi) is 6.39. The zero-order chi connectivity index (χ0) is 9.56. The van der Waals surface area contributed by atoms with Crippen molar-refractivity contribution in [2.24, 2.45) is 5.92 Å². The molecule has 0 fully saturated rings. The van der Waals surface area contributed by atoms with Crippen molar-refractivity contribution in [3.8, 4) is 0 Å². The normalized spacial score (nSPS) is 16.5. The van der Waals surface area contributed by atoms with Crippen LogP contribution in [0.4, 0.5) is 0 Å². The lowest BCUT2D eigenvalue weighted by atomic mass is 10.0. The highest BCUT2D eigenvalue weighted by Gasteiger charge is 2.14. The summed E-state index contributed by atoms with van der Waals surface area (Å²) in [6, 6.07) is 0. The maximum Gasteiger partial charge on any atom is 0.0692 e. The lowest BCUT2D eigenvalue weighted by Crippen LogP contribution is -2.35. The van der Waals surface area contributed by atoms with Crippen molar-refractivity contribution in [2.45, 2.75) is 40.2 Å². The number of nitrogens with zero attached hydrogens (tertiary/aromatic N) is 1. The largest absolute Gasteiger partial charge is 0.392 e. The number of hydrogen-bond acceptors (Lipinski definition) is 2. The van der Waals surface area contributed by atoms with Gasteiger partial charge in [0.25, 0.3) is 0 Å². The van der Waals surface area contributed by atoms with Crippen LogP contribution in [0.25, 0.3) is 0 Å². The minimum atomic E-state index is -0.158. The first-order valence-corrected chi connectivity index (χ1v) is 5.06. The summed E-state index contributed by atoms with van der Waals surface area (Å²) in [7, 11) is 0. The highest BCUT2D eigenvalue weighted by Crippen LogP contribution is 2.08. The van der Waals surface area contributed by atoms with Crippen LogP contribution in [0.15, 0.2) is 0 Å². The third-order valence-electron chi connectivity index (χ3n) is 2.64. The van der Waals surface area contributed by atoms with E-state index in [1.165, 1.54) is 0 Å². The molecule has 2 unspecified atom stereocenters. The lowest BCUT2D eigenvalue weighted by Gasteiger charge is -2.25. The Bertz CT molecular complexity index is 102. The van der Waals surface area contributed by atoms with Crippen LogP contribution >= 0.6 is 0 Å². The quantitative estimate of drug-likeness (QED) is 0.661. The minimum Gasteiger partial charge on any atom is -0.392 e. The molecule has 0 saturated heterocycles. The Labute approximate surface area is 76.6 Å².